The number of hydrogen-bond donors (Lipinski definition) is 0. The van der Waals surface area contributed by atoms with Crippen LogP contribution in [-0.2, 0) is 25.7 Å². The van der Waals surface area contributed by atoms with Crippen LogP contribution in [-0.4, -0.2) is 12.3 Å². The van der Waals surface area contributed by atoms with Gasteiger partial charge in [0.2, 0.25) is 0 Å². The molecule has 0 N–H and O–H groups in total. The molecule has 0 aliphatic carbocycles. The van der Waals surface area contributed by atoms with Crippen LogP contribution in [0.25, 0.3) is 0 Å². The zero-order chi connectivity index (χ0) is 32.4. The lowest BCUT2D eigenvalue weighted by atomic mass is 10.1. The van der Waals surface area contributed by atoms with E-state index >= 15 is 0 Å². The van der Waals surface area contributed by atoms with Crippen molar-refractivity contribution >= 4 is 37.1 Å². The molecule has 0 nitrogen and oxygen atoms in total. The Labute approximate surface area is 285 Å². The van der Waals surface area contributed by atoms with Crippen LogP contribution in [0.15, 0.2) is 97.1 Å². The van der Waals surface area contributed by atoms with E-state index in [0.29, 0.717) is 0 Å². The van der Waals surface area contributed by atoms with E-state index in [1.54, 1.807) is 21.2 Å². The second-order valence-electron chi connectivity index (χ2n) is 13.1. The van der Waals surface area contributed by atoms with E-state index in [4.69, 9.17) is 0 Å². The standard InChI is InChI=1S/C44H60P2/c1-5-9-15-37-19-27-41(28-20-37)45(42-29-21-38(22-30-42)16-10-6-2)35-13-14-36-46(43-31-23-39(24-32-43)17-11-7-3)44-33-25-40(26-34-44)18-12-8-4/h19-34H,5-18,35-36H2,1-4H3. The predicted molar refractivity (Wildman–Crippen MR) is 212 cm³/mol. The molecule has 0 saturated heterocycles. The number of hydrogen-bond acceptors (Lipinski definition) is 0. The second kappa shape index (κ2) is 20.9. The van der Waals surface area contributed by atoms with Gasteiger partial charge in [0.05, 0.1) is 0 Å². The molecule has 0 atom stereocenters. The van der Waals surface area contributed by atoms with E-state index in [1.165, 1.54) is 124 Å². The van der Waals surface area contributed by atoms with Gasteiger partial charge in [-0.3, -0.25) is 0 Å². The summed E-state index contributed by atoms with van der Waals surface area (Å²) in [6, 6.07) is 38.9. The minimum Gasteiger partial charge on any atom is -0.0654 e. The van der Waals surface area contributed by atoms with Gasteiger partial charge in [-0.15, -0.1) is 0 Å². The first kappa shape index (κ1) is 36.6. The molecule has 0 amide bonds. The molecule has 0 aliphatic heterocycles. The van der Waals surface area contributed by atoms with Crippen LogP contribution in [0.3, 0.4) is 0 Å². The van der Waals surface area contributed by atoms with E-state index in [1.807, 2.05) is 0 Å². The molecule has 2 heteroatoms. The van der Waals surface area contributed by atoms with E-state index in [-0.39, 0.29) is 15.8 Å². The molecule has 0 aromatic heterocycles. The topological polar surface area (TPSA) is 0 Å². The van der Waals surface area contributed by atoms with Gasteiger partial charge in [-0.1, -0.05) is 150 Å². The molecule has 0 fully saturated rings. The normalized spacial score (nSPS) is 11.5. The Morgan fingerprint density at radius 3 is 0.717 bits per heavy atom. The third-order valence-corrected chi connectivity index (χ3v) is 14.5. The molecular weight excluding hydrogens is 590 g/mol. The van der Waals surface area contributed by atoms with Gasteiger partial charge in [0, 0.05) is 0 Å². The van der Waals surface area contributed by atoms with Gasteiger partial charge >= 0.3 is 0 Å². The van der Waals surface area contributed by atoms with E-state index in [9.17, 15) is 0 Å². The van der Waals surface area contributed by atoms with Crippen LogP contribution in [0, 0.1) is 0 Å². The molecule has 0 aliphatic rings. The van der Waals surface area contributed by atoms with E-state index < -0.39 is 0 Å². The molecule has 4 aromatic rings. The molecule has 246 valence electrons. The first-order valence-corrected chi connectivity index (χ1v) is 21.6. The second-order valence-corrected chi connectivity index (χ2v) is 17.8. The summed E-state index contributed by atoms with van der Waals surface area (Å²) < 4.78 is 0. The number of rotatable bonds is 21. The number of benzene rings is 4. The Morgan fingerprint density at radius 1 is 0.304 bits per heavy atom. The van der Waals surface area contributed by atoms with Gasteiger partial charge in [-0.05, 0) is 136 Å². The zero-order valence-corrected chi connectivity index (χ0v) is 31.2. The maximum atomic E-state index is 2.45. The predicted octanol–water partition coefficient (Wildman–Crippen LogP) is 11.4. The minimum absolute atomic E-state index is 0.354. The molecule has 0 spiro atoms. The summed E-state index contributed by atoms with van der Waals surface area (Å²) in [4.78, 5) is 0. The maximum Gasteiger partial charge on any atom is -0.0195 e. The van der Waals surface area contributed by atoms with Crippen molar-refractivity contribution in [3.8, 4) is 0 Å². The Bertz CT molecular complexity index is 1140. The summed E-state index contributed by atoms with van der Waals surface area (Å²) in [5.41, 5.74) is 5.95. The summed E-state index contributed by atoms with van der Waals surface area (Å²) in [5.74, 6) is 0. The van der Waals surface area contributed by atoms with Crippen molar-refractivity contribution in [1.82, 2.24) is 0 Å². The highest BCUT2D eigenvalue weighted by Crippen LogP contribution is 2.38. The Balaban J connectivity index is 1.49. The van der Waals surface area contributed by atoms with Crippen molar-refractivity contribution in [3.05, 3.63) is 119 Å². The van der Waals surface area contributed by atoms with E-state index in [2.05, 4.69) is 125 Å². The quantitative estimate of drug-likeness (QED) is 0.0622. The third kappa shape index (κ3) is 11.8. The molecule has 0 heterocycles. The molecule has 0 radical (unpaired) electrons. The molecular formula is C44H60P2. The van der Waals surface area contributed by atoms with Crippen LogP contribution in [0.1, 0.15) is 114 Å². The zero-order valence-electron chi connectivity index (χ0n) is 29.4. The summed E-state index contributed by atoms with van der Waals surface area (Å²) in [7, 11) is -0.709. The molecule has 0 bridgehead atoms. The minimum atomic E-state index is -0.354. The van der Waals surface area contributed by atoms with Crippen molar-refractivity contribution in [3.63, 3.8) is 0 Å². The number of aryl methyl sites for hydroxylation is 4. The number of unbranched alkanes of at least 4 members (excludes halogenated alkanes) is 5. The molecule has 0 saturated carbocycles. The van der Waals surface area contributed by atoms with Crippen LogP contribution in [0.4, 0.5) is 0 Å². The molecule has 46 heavy (non-hydrogen) atoms. The fourth-order valence-corrected chi connectivity index (χ4v) is 11.0. The Kier molecular flexibility index (Phi) is 16.6. The van der Waals surface area contributed by atoms with Gasteiger partial charge in [-0.25, -0.2) is 0 Å². The largest absolute Gasteiger partial charge is 0.0654 e. The summed E-state index contributed by atoms with van der Waals surface area (Å²) in [6.45, 7) is 9.15. The van der Waals surface area contributed by atoms with Gasteiger partial charge in [-0.2, -0.15) is 0 Å². The lowest BCUT2D eigenvalue weighted by molar-refractivity contribution is 0.795. The van der Waals surface area contributed by atoms with Gasteiger partial charge in [0.1, 0.15) is 0 Å². The van der Waals surface area contributed by atoms with Crippen LogP contribution >= 0.6 is 15.8 Å². The average molecular weight is 651 g/mol. The molecule has 0 unspecified atom stereocenters. The van der Waals surface area contributed by atoms with Gasteiger partial charge in [0.15, 0.2) is 0 Å². The van der Waals surface area contributed by atoms with Crippen LogP contribution in [0.5, 0.6) is 0 Å². The van der Waals surface area contributed by atoms with Crippen molar-refractivity contribution in [2.24, 2.45) is 0 Å². The van der Waals surface area contributed by atoms with Crippen molar-refractivity contribution in [2.45, 2.75) is 118 Å². The van der Waals surface area contributed by atoms with Crippen LogP contribution < -0.4 is 21.2 Å². The Hall–Kier alpha value is -2.26. The summed E-state index contributed by atoms with van der Waals surface area (Å²) >= 11 is 0. The molecule has 4 aromatic carbocycles. The fourth-order valence-electron chi connectivity index (χ4n) is 6.25. The van der Waals surface area contributed by atoms with E-state index in [0.717, 1.165) is 0 Å². The smallest absolute Gasteiger partial charge is 0.0195 e. The highest BCUT2D eigenvalue weighted by atomic mass is 31.1. The SMILES string of the molecule is CCCCc1ccc(P(CCCCP(c2ccc(CCCC)cc2)c2ccc(CCCC)cc2)c2ccc(CCCC)cc2)cc1. The van der Waals surface area contributed by atoms with Gasteiger partial charge < -0.3 is 0 Å². The third-order valence-electron chi connectivity index (χ3n) is 9.28. The van der Waals surface area contributed by atoms with Crippen molar-refractivity contribution < 1.29 is 0 Å². The van der Waals surface area contributed by atoms with Gasteiger partial charge in [0.25, 0.3) is 0 Å². The van der Waals surface area contributed by atoms with Crippen molar-refractivity contribution in [2.75, 3.05) is 12.3 Å². The monoisotopic (exact) mass is 650 g/mol. The van der Waals surface area contributed by atoms with Crippen molar-refractivity contribution in [1.29, 1.82) is 0 Å². The Morgan fingerprint density at radius 2 is 0.522 bits per heavy atom. The lowest BCUT2D eigenvalue weighted by Crippen LogP contribution is -2.16. The van der Waals surface area contributed by atoms with Crippen LogP contribution in [0.2, 0.25) is 0 Å². The summed E-state index contributed by atoms with van der Waals surface area (Å²) in [5, 5.41) is 6.18. The lowest BCUT2D eigenvalue weighted by Gasteiger charge is -2.22. The first-order chi connectivity index (χ1) is 22.6. The highest BCUT2D eigenvalue weighted by molar-refractivity contribution is 7.73. The average Bonchev–Trinajstić information content (AvgIpc) is 3.11. The highest BCUT2D eigenvalue weighted by Gasteiger charge is 2.17. The summed E-state index contributed by atoms with van der Waals surface area (Å²) in [6.07, 6.45) is 20.0. The maximum absolute atomic E-state index is 2.45. The first-order valence-electron chi connectivity index (χ1n) is 18.6. The fraction of sp³-hybridized carbons (Fsp3) is 0.455. The molecule has 4 rings (SSSR count).